The van der Waals surface area contributed by atoms with Crippen molar-refractivity contribution in [2.24, 2.45) is 0 Å². The number of carbonyl (C=O) groups excluding carboxylic acids is 1. The average molecular weight is 281 g/mol. The van der Waals surface area contributed by atoms with Gasteiger partial charge in [-0.3, -0.25) is 14.9 Å². The lowest BCUT2D eigenvalue weighted by Gasteiger charge is -2.19. The number of anilines is 2. The van der Waals surface area contributed by atoms with Crippen molar-refractivity contribution in [1.29, 1.82) is 0 Å². The van der Waals surface area contributed by atoms with E-state index < -0.39 is 11.0 Å². The molecular formula is C12H15N3O5. The van der Waals surface area contributed by atoms with Crippen LogP contribution < -0.4 is 15.4 Å². The van der Waals surface area contributed by atoms with Crippen molar-refractivity contribution in [2.45, 2.75) is 19.4 Å². The van der Waals surface area contributed by atoms with Gasteiger partial charge >= 0.3 is 0 Å². The highest BCUT2D eigenvalue weighted by atomic mass is 16.6. The molecule has 3 N–H and O–H groups in total. The van der Waals surface area contributed by atoms with E-state index in [2.05, 4.69) is 10.6 Å². The van der Waals surface area contributed by atoms with Gasteiger partial charge < -0.3 is 20.5 Å². The number of amides is 1. The number of hydrogen-bond acceptors (Lipinski definition) is 6. The van der Waals surface area contributed by atoms with Crippen LogP contribution in [0.4, 0.5) is 17.1 Å². The van der Waals surface area contributed by atoms with Crippen molar-refractivity contribution in [3.8, 4) is 5.75 Å². The van der Waals surface area contributed by atoms with Crippen LogP contribution in [0.5, 0.6) is 5.75 Å². The zero-order valence-corrected chi connectivity index (χ0v) is 10.9. The Morgan fingerprint density at radius 3 is 3.00 bits per heavy atom. The van der Waals surface area contributed by atoms with Crippen LogP contribution in [-0.4, -0.2) is 35.2 Å². The summed E-state index contributed by atoms with van der Waals surface area (Å²) in [7, 11) is 0. The normalized spacial score (nSPS) is 14.8. The van der Waals surface area contributed by atoms with Crippen molar-refractivity contribution in [3.05, 3.63) is 22.2 Å². The van der Waals surface area contributed by atoms with E-state index in [1.807, 2.05) is 6.92 Å². The van der Waals surface area contributed by atoms with E-state index in [-0.39, 0.29) is 36.2 Å². The predicted molar refractivity (Wildman–Crippen MR) is 72.0 cm³/mol. The Morgan fingerprint density at radius 2 is 2.35 bits per heavy atom. The van der Waals surface area contributed by atoms with E-state index in [1.54, 1.807) is 0 Å². The van der Waals surface area contributed by atoms with E-state index in [0.29, 0.717) is 12.1 Å². The van der Waals surface area contributed by atoms with Crippen molar-refractivity contribution in [3.63, 3.8) is 0 Å². The second-order valence-corrected chi connectivity index (χ2v) is 4.40. The Balaban J connectivity index is 2.30. The minimum absolute atomic E-state index is 0.161. The number of ether oxygens (including phenoxy) is 1. The summed E-state index contributed by atoms with van der Waals surface area (Å²) < 4.78 is 5.13. The molecule has 20 heavy (non-hydrogen) atoms. The van der Waals surface area contributed by atoms with Crippen LogP contribution in [0.15, 0.2) is 12.1 Å². The standard InChI is InChI=1S/C12H15N3O5/c1-2-7(16)5-13-8-3-9-11(4-10(8)15(18)19)20-6-12(17)14-9/h3-4,7,13,16H,2,5-6H2,1H3,(H,14,17). The number of nitro benzene ring substituents is 1. The Labute approximate surface area is 114 Å². The largest absolute Gasteiger partial charge is 0.481 e. The molecule has 1 aliphatic heterocycles. The van der Waals surface area contributed by atoms with E-state index in [9.17, 15) is 20.0 Å². The second-order valence-electron chi connectivity index (χ2n) is 4.40. The number of fused-ring (bicyclic) bond motifs is 1. The van der Waals surface area contributed by atoms with Gasteiger partial charge in [0.15, 0.2) is 12.4 Å². The van der Waals surface area contributed by atoms with Crippen molar-refractivity contribution < 1.29 is 19.6 Å². The van der Waals surface area contributed by atoms with E-state index in [0.717, 1.165) is 0 Å². The summed E-state index contributed by atoms with van der Waals surface area (Å²) in [5.74, 6) is -0.0521. The molecule has 0 radical (unpaired) electrons. The Hall–Kier alpha value is -2.35. The average Bonchev–Trinajstić information content (AvgIpc) is 2.43. The maximum atomic E-state index is 11.2. The zero-order chi connectivity index (χ0) is 14.7. The number of aliphatic hydroxyl groups excluding tert-OH is 1. The SMILES string of the molecule is CCC(O)CNc1cc2c(cc1[N+](=O)[O-])OCC(=O)N2. The molecule has 1 aromatic carbocycles. The van der Waals surface area contributed by atoms with Crippen LogP contribution in [0.3, 0.4) is 0 Å². The molecule has 108 valence electrons. The number of benzene rings is 1. The first-order chi connectivity index (χ1) is 9.51. The lowest BCUT2D eigenvalue weighted by molar-refractivity contribution is -0.384. The van der Waals surface area contributed by atoms with Gasteiger partial charge in [-0.25, -0.2) is 0 Å². The molecule has 0 aliphatic carbocycles. The molecule has 1 amide bonds. The van der Waals surface area contributed by atoms with E-state index >= 15 is 0 Å². The Morgan fingerprint density at radius 1 is 1.60 bits per heavy atom. The second kappa shape index (κ2) is 5.74. The lowest BCUT2D eigenvalue weighted by Crippen LogP contribution is -2.26. The summed E-state index contributed by atoms with van der Waals surface area (Å²) in [5, 5.41) is 25.9. The summed E-state index contributed by atoms with van der Waals surface area (Å²) in [6.07, 6.45) is -0.0672. The maximum Gasteiger partial charge on any atom is 0.296 e. The molecule has 1 heterocycles. The Kier molecular flexibility index (Phi) is 4.04. The monoisotopic (exact) mass is 281 g/mol. The zero-order valence-electron chi connectivity index (χ0n) is 10.9. The van der Waals surface area contributed by atoms with Gasteiger partial charge in [0.2, 0.25) is 0 Å². The summed E-state index contributed by atoms with van der Waals surface area (Å²) in [6.45, 7) is 1.83. The quantitative estimate of drug-likeness (QED) is 0.550. The van der Waals surface area contributed by atoms with Crippen molar-refractivity contribution >= 4 is 23.0 Å². The highest BCUT2D eigenvalue weighted by Gasteiger charge is 2.23. The van der Waals surface area contributed by atoms with Crippen LogP contribution in [0, 0.1) is 10.1 Å². The first-order valence-electron chi connectivity index (χ1n) is 6.18. The number of hydrogen-bond donors (Lipinski definition) is 3. The molecule has 8 heteroatoms. The fourth-order valence-electron chi connectivity index (χ4n) is 1.78. The molecule has 0 saturated carbocycles. The highest BCUT2D eigenvalue weighted by molar-refractivity contribution is 5.96. The molecule has 8 nitrogen and oxygen atoms in total. The van der Waals surface area contributed by atoms with Gasteiger partial charge in [-0.2, -0.15) is 0 Å². The molecule has 0 aromatic heterocycles. The highest BCUT2D eigenvalue weighted by Crippen LogP contribution is 2.37. The van der Waals surface area contributed by atoms with Crippen LogP contribution in [0.1, 0.15) is 13.3 Å². The van der Waals surface area contributed by atoms with Crippen molar-refractivity contribution in [2.75, 3.05) is 23.8 Å². The predicted octanol–water partition coefficient (Wildman–Crippen LogP) is 1.11. The van der Waals surface area contributed by atoms with Crippen LogP contribution in [0.25, 0.3) is 0 Å². The maximum absolute atomic E-state index is 11.2. The molecule has 2 rings (SSSR count). The van der Waals surface area contributed by atoms with Gasteiger partial charge in [0.25, 0.3) is 11.6 Å². The number of aliphatic hydroxyl groups is 1. The third-order valence-electron chi connectivity index (χ3n) is 2.93. The Bertz CT molecular complexity index is 546. The number of carbonyl (C=O) groups is 1. The number of rotatable bonds is 5. The molecule has 1 aromatic rings. The summed E-state index contributed by atoms with van der Waals surface area (Å²) in [4.78, 5) is 21.7. The number of nitrogens with zero attached hydrogens (tertiary/aromatic N) is 1. The minimum atomic E-state index is -0.600. The molecule has 1 atom stereocenters. The molecule has 1 aliphatic rings. The third kappa shape index (κ3) is 2.97. The molecule has 1 unspecified atom stereocenters. The molecule has 0 bridgehead atoms. The summed E-state index contributed by atoms with van der Waals surface area (Å²) >= 11 is 0. The lowest BCUT2D eigenvalue weighted by atomic mass is 10.2. The van der Waals surface area contributed by atoms with E-state index in [1.165, 1.54) is 12.1 Å². The smallest absolute Gasteiger partial charge is 0.296 e. The third-order valence-corrected chi connectivity index (χ3v) is 2.93. The van der Waals surface area contributed by atoms with Crippen LogP contribution in [-0.2, 0) is 4.79 Å². The molecule has 0 spiro atoms. The molecule has 0 saturated heterocycles. The van der Waals surface area contributed by atoms with Gasteiger partial charge in [-0.05, 0) is 12.5 Å². The first kappa shape index (κ1) is 14.1. The van der Waals surface area contributed by atoms with Crippen LogP contribution in [0.2, 0.25) is 0 Å². The summed E-state index contributed by atoms with van der Waals surface area (Å²) in [6, 6.07) is 2.70. The molecule has 0 fully saturated rings. The van der Waals surface area contributed by atoms with Gasteiger partial charge in [0.1, 0.15) is 5.69 Å². The minimum Gasteiger partial charge on any atom is -0.481 e. The fraction of sp³-hybridized carbons (Fsp3) is 0.417. The number of nitrogens with one attached hydrogen (secondary N) is 2. The topological polar surface area (TPSA) is 114 Å². The summed E-state index contributed by atoms with van der Waals surface area (Å²) in [5.41, 5.74) is 0.440. The van der Waals surface area contributed by atoms with Gasteiger partial charge in [-0.15, -0.1) is 0 Å². The van der Waals surface area contributed by atoms with Crippen molar-refractivity contribution in [1.82, 2.24) is 0 Å². The van der Waals surface area contributed by atoms with Crippen LogP contribution >= 0.6 is 0 Å². The van der Waals surface area contributed by atoms with Gasteiger partial charge in [-0.1, -0.05) is 6.92 Å². The van der Waals surface area contributed by atoms with E-state index in [4.69, 9.17) is 4.74 Å². The van der Waals surface area contributed by atoms with Gasteiger partial charge in [0, 0.05) is 6.54 Å². The van der Waals surface area contributed by atoms with Gasteiger partial charge in [0.05, 0.1) is 22.8 Å². The first-order valence-corrected chi connectivity index (χ1v) is 6.18. The fourth-order valence-corrected chi connectivity index (χ4v) is 1.78. The molecular weight excluding hydrogens is 266 g/mol. The number of nitro groups is 1.